The fourth-order valence-electron chi connectivity index (χ4n) is 2.87. The van der Waals surface area contributed by atoms with Crippen molar-refractivity contribution in [3.63, 3.8) is 0 Å². The number of rotatable bonds is 4. The summed E-state index contributed by atoms with van der Waals surface area (Å²) in [4.78, 5) is 18.2. The lowest BCUT2D eigenvalue weighted by Gasteiger charge is -2.39. The van der Waals surface area contributed by atoms with Crippen molar-refractivity contribution in [3.8, 4) is 5.75 Å². The fourth-order valence-corrected chi connectivity index (χ4v) is 2.87. The number of anilines is 1. The van der Waals surface area contributed by atoms with E-state index in [1.807, 2.05) is 0 Å². The summed E-state index contributed by atoms with van der Waals surface area (Å²) in [6.07, 6.45) is 5.29. The molecule has 1 fully saturated rings. The average Bonchev–Trinajstić information content (AvgIpc) is 2.39. The molecule has 1 aliphatic carbocycles. The Morgan fingerprint density at radius 2 is 2.47 bits per heavy atom. The number of nitrogens with one attached hydrogen (secondary N) is 2. The molecule has 0 amide bonds. The first-order valence-electron chi connectivity index (χ1n) is 6.61. The molecule has 2 atom stereocenters. The van der Waals surface area contributed by atoms with Crippen molar-refractivity contribution in [1.29, 1.82) is 0 Å². The Balaban J connectivity index is 2.28. The number of aromatic amines is 1. The number of ether oxygens (including phenoxy) is 1. The Bertz CT molecular complexity index is 488. The van der Waals surface area contributed by atoms with Crippen molar-refractivity contribution >= 4 is 5.82 Å². The van der Waals surface area contributed by atoms with E-state index in [4.69, 9.17) is 4.74 Å². The third kappa shape index (κ3) is 2.89. The van der Waals surface area contributed by atoms with Crippen LogP contribution >= 0.6 is 0 Å². The highest BCUT2D eigenvalue weighted by Crippen LogP contribution is 2.35. The molecule has 0 bridgehead atoms. The normalized spacial score (nSPS) is 27.0. The molecule has 0 spiro atoms. The van der Waals surface area contributed by atoms with E-state index in [1.165, 1.54) is 19.9 Å². The second kappa shape index (κ2) is 5.61. The zero-order valence-electron chi connectivity index (χ0n) is 11.4. The van der Waals surface area contributed by atoms with E-state index in [0.29, 0.717) is 11.7 Å². The number of nitrogens with zero attached hydrogens (tertiary/aromatic N) is 1. The number of aliphatic hydroxyl groups is 1. The minimum absolute atomic E-state index is 0.0228. The molecule has 2 unspecified atom stereocenters. The maximum absolute atomic E-state index is 11.6. The molecule has 0 radical (unpaired) electrons. The predicted octanol–water partition coefficient (Wildman–Crippen LogP) is 1.13. The van der Waals surface area contributed by atoms with Crippen LogP contribution in [0.4, 0.5) is 5.82 Å². The SMILES string of the molecule is COc1c(NC2(CO)CCCC(C)C2)nc[nH]c1=O. The maximum Gasteiger partial charge on any atom is 0.295 e. The molecule has 1 aliphatic rings. The lowest BCUT2D eigenvalue weighted by Crippen LogP contribution is -2.46. The highest BCUT2D eigenvalue weighted by Gasteiger charge is 2.35. The predicted molar refractivity (Wildman–Crippen MR) is 72.5 cm³/mol. The number of aromatic nitrogens is 2. The van der Waals surface area contributed by atoms with Gasteiger partial charge in [0.25, 0.3) is 5.56 Å². The summed E-state index contributed by atoms with van der Waals surface area (Å²) in [6, 6.07) is 0. The van der Waals surface area contributed by atoms with Gasteiger partial charge in [0.05, 0.1) is 25.6 Å². The van der Waals surface area contributed by atoms with E-state index < -0.39 is 5.54 Å². The van der Waals surface area contributed by atoms with Crippen molar-refractivity contribution in [1.82, 2.24) is 9.97 Å². The van der Waals surface area contributed by atoms with Gasteiger partial charge in [-0.3, -0.25) is 4.79 Å². The molecule has 3 N–H and O–H groups in total. The lowest BCUT2D eigenvalue weighted by atomic mass is 9.77. The largest absolute Gasteiger partial charge is 0.489 e. The van der Waals surface area contributed by atoms with E-state index in [0.717, 1.165) is 19.3 Å². The van der Waals surface area contributed by atoms with Crippen LogP contribution in [0.15, 0.2) is 11.1 Å². The summed E-state index contributed by atoms with van der Waals surface area (Å²) >= 11 is 0. The molecule has 6 nitrogen and oxygen atoms in total. The van der Waals surface area contributed by atoms with Gasteiger partial charge >= 0.3 is 0 Å². The fraction of sp³-hybridized carbons (Fsp3) is 0.692. The van der Waals surface area contributed by atoms with Crippen LogP contribution in [0.3, 0.4) is 0 Å². The minimum Gasteiger partial charge on any atom is -0.489 e. The summed E-state index contributed by atoms with van der Waals surface area (Å²) in [5.74, 6) is 1.10. The number of methoxy groups -OCH3 is 1. The van der Waals surface area contributed by atoms with E-state index >= 15 is 0 Å². The van der Waals surface area contributed by atoms with Gasteiger partial charge in [-0.15, -0.1) is 0 Å². The smallest absolute Gasteiger partial charge is 0.295 e. The minimum atomic E-state index is -0.411. The van der Waals surface area contributed by atoms with Gasteiger partial charge in [0, 0.05) is 0 Å². The van der Waals surface area contributed by atoms with Crippen molar-refractivity contribution in [2.24, 2.45) is 5.92 Å². The van der Waals surface area contributed by atoms with Crippen molar-refractivity contribution in [3.05, 3.63) is 16.7 Å². The molecule has 19 heavy (non-hydrogen) atoms. The average molecular weight is 267 g/mol. The number of H-pyrrole nitrogens is 1. The molecule has 2 rings (SSSR count). The van der Waals surface area contributed by atoms with Crippen LogP contribution in [0.2, 0.25) is 0 Å². The highest BCUT2D eigenvalue weighted by molar-refractivity contribution is 5.50. The molecule has 1 saturated carbocycles. The van der Waals surface area contributed by atoms with Gasteiger partial charge in [-0.05, 0) is 18.8 Å². The standard InChI is InChI=1S/C13H21N3O3/c1-9-4-3-5-13(6-9,7-17)16-11-10(19-2)12(18)15-8-14-11/h8-9,17H,3-7H2,1-2H3,(H2,14,15,16,18). The Kier molecular flexibility index (Phi) is 4.09. The summed E-state index contributed by atoms with van der Waals surface area (Å²) < 4.78 is 5.08. The molecule has 0 saturated heterocycles. The van der Waals surface area contributed by atoms with Crippen LogP contribution < -0.4 is 15.6 Å². The van der Waals surface area contributed by atoms with Crippen LogP contribution in [-0.2, 0) is 0 Å². The molecule has 1 heterocycles. The maximum atomic E-state index is 11.6. The molecule has 0 aliphatic heterocycles. The van der Waals surface area contributed by atoms with Gasteiger partial charge in [0.2, 0.25) is 5.75 Å². The zero-order valence-corrected chi connectivity index (χ0v) is 11.4. The van der Waals surface area contributed by atoms with E-state index in [-0.39, 0.29) is 17.9 Å². The number of aliphatic hydroxyl groups excluding tert-OH is 1. The molecular formula is C13H21N3O3. The van der Waals surface area contributed by atoms with Gasteiger partial charge in [-0.1, -0.05) is 19.8 Å². The molecular weight excluding hydrogens is 246 g/mol. The molecule has 106 valence electrons. The summed E-state index contributed by atoms with van der Waals surface area (Å²) in [5, 5.41) is 13.0. The first-order chi connectivity index (χ1) is 9.10. The van der Waals surface area contributed by atoms with Crippen LogP contribution in [0.25, 0.3) is 0 Å². The third-order valence-electron chi connectivity index (χ3n) is 3.79. The Morgan fingerprint density at radius 1 is 1.68 bits per heavy atom. The van der Waals surface area contributed by atoms with Gasteiger partial charge in [0.15, 0.2) is 5.82 Å². The lowest BCUT2D eigenvalue weighted by molar-refractivity contribution is 0.149. The van der Waals surface area contributed by atoms with Gasteiger partial charge in [-0.2, -0.15) is 0 Å². The molecule has 6 heteroatoms. The van der Waals surface area contributed by atoms with Crippen molar-refractivity contribution < 1.29 is 9.84 Å². The quantitative estimate of drug-likeness (QED) is 0.761. The summed E-state index contributed by atoms with van der Waals surface area (Å²) in [5.41, 5.74) is -0.733. The monoisotopic (exact) mass is 267 g/mol. The third-order valence-corrected chi connectivity index (χ3v) is 3.79. The van der Waals surface area contributed by atoms with Crippen molar-refractivity contribution in [2.75, 3.05) is 19.0 Å². The zero-order chi connectivity index (χ0) is 13.9. The van der Waals surface area contributed by atoms with E-state index in [9.17, 15) is 9.90 Å². The van der Waals surface area contributed by atoms with Crippen molar-refractivity contribution in [2.45, 2.75) is 38.1 Å². The van der Waals surface area contributed by atoms with Gasteiger partial charge in [0.1, 0.15) is 0 Å². The van der Waals surface area contributed by atoms with Crippen LogP contribution in [0.5, 0.6) is 5.75 Å². The van der Waals surface area contributed by atoms with E-state index in [1.54, 1.807) is 0 Å². The van der Waals surface area contributed by atoms with Crippen LogP contribution in [-0.4, -0.2) is 34.3 Å². The van der Waals surface area contributed by atoms with Crippen LogP contribution in [0.1, 0.15) is 32.6 Å². The van der Waals surface area contributed by atoms with Gasteiger partial charge in [-0.25, -0.2) is 4.98 Å². The summed E-state index contributed by atoms with van der Waals surface area (Å²) in [7, 11) is 1.44. The summed E-state index contributed by atoms with van der Waals surface area (Å²) in [6.45, 7) is 2.20. The molecule has 1 aromatic rings. The Morgan fingerprint density at radius 3 is 3.11 bits per heavy atom. The molecule has 0 aromatic carbocycles. The Labute approximate surface area is 112 Å². The topological polar surface area (TPSA) is 87.2 Å². The Hall–Kier alpha value is -1.56. The van der Waals surface area contributed by atoms with E-state index in [2.05, 4.69) is 22.2 Å². The van der Waals surface area contributed by atoms with Crippen LogP contribution in [0, 0.1) is 5.92 Å². The number of hydrogen-bond acceptors (Lipinski definition) is 5. The highest BCUT2D eigenvalue weighted by atomic mass is 16.5. The number of hydrogen-bond donors (Lipinski definition) is 3. The second-order valence-electron chi connectivity index (χ2n) is 5.38. The first kappa shape index (κ1) is 13.9. The van der Waals surface area contributed by atoms with Gasteiger partial charge < -0.3 is 20.1 Å². The first-order valence-corrected chi connectivity index (χ1v) is 6.61. The molecule has 1 aromatic heterocycles. The second-order valence-corrected chi connectivity index (χ2v) is 5.38.